The van der Waals surface area contributed by atoms with Crippen molar-refractivity contribution >= 4 is 17.4 Å². The minimum absolute atomic E-state index is 0.162. The normalized spacial score (nSPS) is 10.4. The zero-order valence-electron chi connectivity index (χ0n) is 10.8. The largest absolute Gasteiger partial charge is 0.294 e. The van der Waals surface area contributed by atoms with Crippen LogP contribution < -0.4 is 0 Å². The van der Waals surface area contributed by atoms with Gasteiger partial charge in [-0.05, 0) is 24.0 Å². The summed E-state index contributed by atoms with van der Waals surface area (Å²) in [6.07, 6.45) is 2.40. The van der Waals surface area contributed by atoms with Crippen molar-refractivity contribution in [1.29, 1.82) is 0 Å². The third kappa shape index (κ3) is 4.22. The van der Waals surface area contributed by atoms with Crippen molar-refractivity contribution in [3.63, 3.8) is 0 Å². The molecule has 98 valence electrons. The SMILES string of the molecule is O=C(Cc1ccccc1)c1ccc(CCCCl)cc1. The van der Waals surface area contributed by atoms with Gasteiger partial charge in [0.25, 0.3) is 0 Å². The number of hydrogen-bond donors (Lipinski definition) is 0. The van der Waals surface area contributed by atoms with E-state index in [9.17, 15) is 4.79 Å². The van der Waals surface area contributed by atoms with Gasteiger partial charge in [-0.1, -0.05) is 54.6 Å². The highest BCUT2D eigenvalue weighted by Gasteiger charge is 2.06. The van der Waals surface area contributed by atoms with Crippen LogP contribution >= 0.6 is 11.6 Å². The van der Waals surface area contributed by atoms with Gasteiger partial charge in [0.05, 0.1) is 0 Å². The van der Waals surface area contributed by atoms with Crippen LogP contribution in [0, 0.1) is 0 Å². The summed E-state index contributed by atoms with van der Waals surface area (Å²) in [5.41, 5.74) is 3.06. The molecule has 0 atom stereocenters. The first-order valence-corrected chi connectivity index (χ1v) is 7.05. The monoisotopic (exact) mass is 272 g/mol. The molecule has 0 radical (unpaired) electrons. The van der Waals surface area contributed by atoms with E-state index in [2.05, 4.69) is 0 Å². The van der Waals surface area contributed by atoms with Crippen LogP contribution in [0.5, 0.6) is 0 Å². The number of ketones is 1. The number of carbonyl (C=O) groups is 1. The number of aryl methyl sites for hydroxylation is 1. The van der Waals surface area contributed by atoms with E-state index in [0.29, 0.717) is 12.3 Å². The molecule has 0 fully saturated rings. The van der Waals surface area contributed by atoms with Gasteiger partial charge in [0, 0.05) is 17.9 Å². The van der Waals surface area contributed by atoms with Gasteiger partial charge in [-0.2, -0.15) is 0 Å². The predicted octanol–water partition coefficient (Wildman–Crippen LogP) is 4.28. The van der Waals surface area contributed by atoms with E-state index < -0.39 is 0 Å². The van der Waals surface area contributed by atoms with E-state index in [1.165, 1.54) is 5.56 Å². The molecule has 0 spiro atoms. The molecule has 0 N–H and O–H groups in total. The Labute approximate surface area is 119 Å². The fraction of sp³-hybridized carbons (Fsp3) is 0.235. The Balaban J connectivity index is 1.99. The van der Waals surface area contributed by atoms with Crippen molar-refractivity contribution in [3.8, 4) is 0 Å². The van der Waals surface area contributed by atoms with Crippen molar-refractivity contribution in [2.24, 2.45) is 0 Å². The van der Waals surface area contributed by atoms with Crippen LogP contribution in [-0.4, -0.2) is 11.7 Å². The van der Waals surface area contributed by atoms with Crippen molar-refractivity contribution < 1.29 is 4.79 Å². The maximum absolute atomic E-state index is 12.1. The molecule has 2 heteroatoms. The number of benzene rings is 2. The summed E-state index contributed by atoms with van der Waals surface area (Å²) < 4.78 is 0. The summed E-state index contributed by atoms with van der Waals surface area (Å²) in [4.78, 5) is 12.1. The first-order valence-electron chi connectivity index (χ1n) is 6.51. The van der Waals surface area contributed by atoms with Crippen molar-refractivity contribution in [2.75, 3.05) is 5.88 Å². The molecule has 0 aromatic heterocycles. The highest BCUT2D eigenvalue weighted by molar-refractivity contribution is 6.17. The van der Waals surface area contributed by atoms with Gasteiger partial charge >= 0.3 is 0 Å². The number of Topliss-reactive ketones (excluding diaryl/α,β-unsaturated/α-hetero) is 1. The molecule has 2 rings (SSSR count). The topological polar surface area (TPSA) is 17.1 Å². The van der Waals surface area contributed by atoms with Gasteiger partial charge < -0.3 is 0 Å². The van der Waals surface area contributed by atoms with Gasteiger partial charge in [-0.25, -0.2) is 0 Å². The molecule has 2 aromatic rings. The van der Waals surface area contributed by atoms with Crippen LogP contribution in [0.4, 0.5) is 0 Å². The van der Waals surface area contributed by atoms with Gasteiger partial charge in [-0.15, -0.1) is 11.6 Å². The fourth-order valence-electron chi connectivity index (χ4n) is 2.01. The Kier molecular flexibility index (Phi) is 5.17. The molecule has 0 aliphatic heterocycles. The van der Waals surface area contributed by atoms with E-state index in [4.69, 9.17) is 11.6 Å². The average Bonchev–Trinajstić information content (AvgIpc) is 2.46. The van der Waals surface area contributed by atoms with Crippen LogP contribution in [0.1, 0.15) is 27.9 Å². The smallest absolute Gasteiger partial charge is 0.167 e. The summed E-state index contributed by atoms with van der Waals surface area (Å²) in [5, 5.41) is 0. The highest BCUT2D eigenvalue weighted by atomic mass is 35.5. The van der Waals surface area contributed by atoms with Gasteiger partial charge in [0.2, 0.25) is 0 Å². The highest BCUT2D eigenvalue weighted by Crippen LogP contribution is 2.11. The van der Waals surface area contributed by atoms with Crippen LogP contribution in [0.3, 0.4) is 0 Å². The van der Waals surface area contributed by atoms with Crippen LogP contribution in [0.25, 0.3) is 0 Å². The average molecular weight is 273 g/mol. The summed E-state index contributed by atoms with van der Waals surface area (Å²) in [5.74, 6) is 0.837. The van der Waals surface area contributed by atoms with Crippen molar-refractivity contribution in [1.82, 2.24) is 0 Å². The lowest BCUT2D eigenvalue weighted by Crippen LogP contribution is -2.03. The van der Waals surface area contributed by atoms with Crippen molar-refractivity contribution in [2.45, 2.75) is 19.3 Å². The molecule has 1 nitrogen and oxygen atoms in total. The second-order valence-electron chi connectivity index (χ2n) is 4.58. The van der Waals surface area contributed by atoms with E-state index in [-0.39, 0.29) is 5.78 Å². The molecule has 0 aliphatic carbocycles. The molecule has 2 aromatic carbocycles. The Morgan fingerprint density at radius 1 is 0.895 bits per heavy atom. The Bertz CT molecular complexity index is 517. The van der Waals surface area contributed by atoms with Crippen LogP contribution in [0.15, 0.2) is 54.6 Å². The Morgan fingerprint density at radius 3 is 2.21 bits per heavy atom. The molecule has 0 saturated heterocycles. The number of carbonyl (C=O) groups excluding carboxylic acids is 1. The quantitative estimate of drug-likeness (QED) is 0.566. The van der Waals surface area contributed by atoms with Crippen molar-refractivity contribution in [3.05, 3.63) is 71.3 Å². The fourth-order valence-corrected chi connectivity index (χ4v) is 2.15. The number of rotatable bonds is 6. The lowest BCUT2D eigenvalue weighted by Gasteiger charge is -2.03. The van der Waals surface area contributed by atoms with E-state index in [1.807, 2.05) is 54.6 Å². The predicted molar refractivity (Wildman–Crippen MR) is 80.0 cm³/mol. The number of hydrogen-bond acceptors (Lipinski definition) is 1. The minimum Gasteiger partial charge on any atom is -0.294 e. The molecule has 0 bridgehead atoms. The van der Waals surface area contributed by atoms with E-state index >= 15 is 0 Å². The minimum atomic E-state index is 0.162. The second-order valence-corrected chi connectivity index (χ2v) is 4.95. The maximum atomic E-state index is 12.1. The molecule has 0 unspecified atom stereocenters. The lowest BCUT2D eigenvalue weighted by atomic mass is 10.0. The molecule has 0 aliphatic rings. The first kappa shape index (κ1) is 13.8. The standard InChI is InChI=1S/C17H17ClO/c18-12-4-7-14-8-10-16(11-9-14)17(19)13-15-5-2-1-3-6-15/h1-3,5-6,8-11H,4,7,12-13H2. The maximum Gasteiger partial charge on any atom is 0.167 e. The van der Waals surface area contributed by atoms with Gasteiger partial charge in [0.1, 0.15) is 0 Å². The second kappa shape index (κ2) is 7.10. The Hall–Kier alpha value is -1.60. The van der Waals surface area contributed by atoms with E-state index in [1.54, 1.807) is 0 Å². The van der Waals surface area contributed by atoms with Crippen LogP contribution in [0.2, 0.25) is 0 Å². The summed E-state index contributed by atoms with van der Waals surface area (Å²) >= 11 is 5.67. The molecular formula is C17H17ClO. The molecular weight excluding hydrogens is 256 g/mol. The summed E-state index contributed by atoms with van der Waals surface area (Å²) in [6.45, 7) is 0. The summed E-state index contributed by atoms with van der Waals surface area (Å²) in [6, 6.07) is 17.7. The van der Waals surface area contributed by atoms with Crippen LogP contribution in [-0.2, 0) is 12.8 Å². The summed E-state index contributed by atoms with van der Waals surface area (Å²) in [7, 11) is 0. The third-order valence-electron chi connectivity index (χ3n) is 3.08. The zero-order chi connectivity index (χ0) is 13.5. The molecule has 0 saturated carbocycles. The van der Waals surface area contributed by atoms with Gasteiger partial charge in [-0.3, -0.25) is 4.79 Å². The third-order valence-corrected chi connectivity index (χ3v) is 3.35. The van der Waals surface area contributed by atoms with Gasteiger partial charge in [0.15, 0.2) is 5.78 Å². The molecule has 0 amide bonds. The number of alkyl halides is 1. The molecule has 0 heterocycles. The lowest BCUT2D eigenvalue weighted by molar-refractivity contribution is 0.0993. The number of halogens is 1. The zero-order valence-corrected chi connectivity index (χ0v) is 11.6. The van der Waals surface area contributed by atoms with E-state index in [0.717, 1.165) is 24.0 Å². The molecule has 19 heavy (non-hydrogen) atoms. The first-order chi connectivity index (χ1) is 9.29. The Morgan fingerprint density at radius 2 is 1.58 bits per heavy atom.